The second kappa shape index (κ2) is 7.31. The van der Waals surface area contributed by atoms with Crippen LogP contribution in [-0.4, -0.2) is 4.98 Å². The van der Waals surface area contributed by atoms with Gasteiger partial charge in [-0.2, -0.15) is 0 Å². The zero-order valence-electron chi connectivity index (χ0n) is 21.6. The fourth-order valence-corrected chi connectivity index (χ4v) is 4.85. The van der Waals surface area contributed by atoms with E-state index in [0.717, 1.165) is 55.1 Å². The predicted octanol–water partition coefficient (Wildman–Crippen LogP) is 8.44. The summed E-state index contributed by atoms with van der Waals surface area (Å²) in [6.07, 6.45) is 1.52. The van der Waals surface area contributed by atoms with Crippen molar-refractivity contribution in [1.29, 1.82) is 0 Å². The maximum absolute atomic E-state index is 8.17. The number of fused-ring (bicyclic) bond motifs is 5. The number of hydrogen-bond donors (Lipinski definition) is 0. The molecule has 0 saturated heterocycles. The Hall–Kier alpha value is -3.91. The van der Waals surface area contributed by atoms with Crippen molar-refractivity contribution in [1.82, 2.24) is 4.98 Å². The Balaban J connectivity index is 1.58. The zero-order chi connectivity index (χ0) is 25.1. The summed E-state index contributed by atoms with van der Waals surface area (Å²) in [6, 6.07) is 30.4. The highest BCUT2D eigenvalue weighted by molar-refractivity contribution is 6.19. The topological polar surface area (TPSA) is 26.0 Å². The monoisotopic (exact) mass is 430 g/mol. The van der Waals surface area contributed by atoms with E-state index in [1.165, 1.54) is 6.20 Å². The molecule has 0 atom stereocenters. The Morgan fingerprint density at radius 2 is 1.58 bits per heavy atom. The van der Waals surface area contributed by atoms with Crippen LogP contribution in [0.4, 0.5) is 0 Å². The normalized spacial score (nSPS) is 13.8. The summed E-state index contributed by atoms with van der Waals surface area (Å²) in [5.74, 6) is 0. The number of pyridine rings is 1. The van der Waals surface area contributed by atoms with Gasteiger partial charge in [-0.1, -0.05) is 74.5 Å². The van der Waals surface area contributed by atoms with Crippen LogP contribution < -0.4 is 0 Å². The van der Waals surface area contributed by atoms with Gasteiger partial charge in [0, 0.05) is 32.1 Å². The van der Waals surface area contributed by atoms with Crippen molar-refractivity contribution in [2.45, 2.75) is 26.1 Å². The van der Waals surface area contributed by atoms with Crippen LogP contribution in [0.2, 0.25) is 0 Å². The quantitative estimate of drug-likeness (QED) is 0.281. The van der Waals surface area contributed by atoms with Crippen LogP contribution in [0.3, 0.4) is 0 Å². The Morgan fingerprint density at radius 3 is 2.42 bits per heavy atom. The number of rotatable bonds is 3. The molecular weight excluding hydrogens is 402 g/mol. The molecule has 2 heterocycles. The highest BCUT2D eigenvalue weighted by Gasteiger charge is 2.25. The Kier molecular flexibility index (Phi) is 3.70. The van der Waals surface area contributed by atoms with Gasteiger partial charge in [-0.3, -0.25) is 4.98 Å². The van der Waals surface area contributed by atoms with Gasteiger partial charge < -0.3 is 4.42 Å². The lowest BCUT2D eigenvalue weighted by Gasteiger charge is -2.28. The van der Waals surface area contributed by atoms with Crippen LogP contribution in [0, 0.1) is 6.85 Å². The molecule has 2 heteroatoms. The first kappa shape index (κ1) is 16.7. The van der Waals surface area contributed by atoms with Crippen molar-refractivity contribution in [3.8, 4) is 11.3 Å². The summed E-state index contributed by atoms with van der Waals surface area (Å²) in [5, 5.41) is 4.39. The predicted molar refractivity (Wildman–Crippen MR) is 138 cm³/mol. The van der Waals surface area contributed by atoms with Gasteiger partial charge in [0.05, 0.1) is 5.69 Å². The molecule has 0 aliphatic carbocycles. The second-order valence-electron chi connectivity index (χ2n) is 9.08. The van der Waals surface area contributed by atoms with Crippen LogP contribution in [0.25, 0.3) is 44.0 Å². The maximum atomic E-state index is 8.17. The van der Waals surface area contributed by atoms with Gasteiger partial charge in [0.25, 0.3) is 0 Å². The van der Waals surface area contributed by atoms with E-state index in [-0.39, 0.29) is 5.56 Å². The molecule has 0 spiro atoms. The molecular formula is C31H25NO. The van der Waals surface area contributed by atoms with Gasteiger partial charge in [-0.25, -0.2) is 0 Å². The summed E-state index contributed by atoms with van der Waals surface area (Å²) in [5.41, 5.74) is 4.87. The first-order valence-electron chi connectivity index (χ1n) is 12.6. The number of nitrogens with zero attached hydrogens (tertiary/aromatic N) is 1. The summed E-state index contributed by atoms with van der Waals surface area (Å²) < 4.78 is 30.7. The summed E-state index contributed by atoms with van der Waals surface area (Å²) in [7, 11) is 0. The highest BCUT2D eigenvalue weighted by atomic mass is 16.3. The SMILES string of the molecule is [2H]C([2H])([2H])c1cnc(-c2ccc3oc4ccc5ccccc5c4c3c2)cc1C(C)(C)c1ccccc1. The molecule has 2 nitrogen and oxygen atoms in total. The van der Waals surface area contributed by atoms with E-state index in [0.29, 0.717) is 0 Å². The van der Waals surface area contributed by atoms with Gasteiger partial charge in [-0.05, 0) is 64.6 Å². The third kappa shape index (κ3) is 3.14. The average Bonchev–Trinajstić information content (AvgIpc) is 3.27. The number of aromatic nitrogens is 1. The van der Waals surface area contributed by atoms with E-state index in [1.54, 1.807) is 0 Å². The van der Waals surface area contributed by atoms with Crippen molar-refractivity contribution in [3.63, 3.8) is 0 Å². The molecule has 6 aromatic rings. The zero-order valence-corrected chi connectivity index (χ0v) is 18.6. The first-order valence-corrected chi connectivity index (χ1v) is 11.1. The molecule has 0 saturated carbocycles. The maximum Gasteiger partial charge on any atom is 0.136 e. The number of benzene rings is 4. The van der Waals surface area contributed by atoms with Gasteiger partial charge >= 0.3 is 0 Å². The lowest BCUT2D eigenvalue weighted by atomic mass is 9.76. The van der Waals surface area contributed by atoms with Crippen molar-refractivity contribution < 1.29 is 8.53 Å². The number of furan rings is 1. The fraction of sp³-hybridized carbons (Fsp3) is 0.129. The van der Waals surface area contributed by atoms with Crippen LogP contribution in [0.5, 0.6) is 0 Å². The second-order valence-corrected chi connectivity index (χ2v) is 9.08. The van der Waals surface area contributed by atoms with Crippen LogP contribution >= 0.6 is 0 Å². The molecule has 0 aliphatic heterocycles. The van der Waals surface area contributed by atoms with E-state index in [9.17, 15) is 0 Å². The molecule has 2 aromatic heterocycles. The van der Waals surface area contributed by atoms with Crippen molar-refractivity contribution in [2.75, 3.05) is 0 Å². The van der Waals surface area contributed by atoms with E-state index in [4.69, 9.17) is 8.53 Å². The van der Waals surface area contributed by atoms with Crippen molar-refractivity contribution >= 4 is 32.7 Å². The van der Waals surface area contributed by atoms with E-state index in [2.05, 4.69) is 43.1 Å². The molecule has 160 valence electrons. The third-order valence-corrected chi connectivity index (χ3v) is 6.73. The first-order chi connectivity index (χ1) is 17.2. The lowest BCUT2D eigenvalue weighted by molar-refractivity contribution is 0.635. The van der Waals surface area contributed by atoms with E-state index < -0.39 is 12.3 Å². The number of hydrogen-bond acceptors (Lipinski definition) is 2. The molecule has 6 rings (SSSR count). The molecule has 0 unspecified atom stereocenters. The standard InChI is InChI=1S/C31H25NO/c1-20-19-32-27(18-26(20)31(2,3)23-10-5-4-6-11-23)22-14-15-28-25(17-22)30-24-12-8-7-9-21(24)13-16-29(30)33-28/h4-19H,1-3H3/i1D3. The van der Waals surface area contributed by atoms with Gasteiger partial charge in [0.2, 0.25) is 0 Å². The molecule has 0 bridgehead atoms. The molecule has 0 amide bonds. The Labute approximate surface area is 197 Å². The summed E-state index contributed by atoms with van der Waals surface area (Å²) in [4.78, 5) is 4.63. The lowest BCUT2D eigenvalue weighted by Crippen LogP contribution is -2.20. The van der Waals surface area contributed by atoms with Crippen molar-refractivity contribution in [2.24, 2.45) is 0 Å². The largest absolute Gasteiger partial charge is 0.456 e. The van der Waals surface area contributed by atoms with Crippen molar-refractivity contribution in [3.05, 3.63) is 114 Å². The fourth-order valence-electron chi connectivity index (χ4n) is 4.85. The Bertz CT molecular complexity index is 1750. The minimum Gasteiger partial charge on any atom is -0.456 e. The van der Waals surface area contributed by atoms with E-state index in [1.807, 2.05) is 66.7 Å². The number of aryl methyl sites for hydroxylation is 1. The third-order valence-electron chi connectivity index (χ3n) is 6.73. The minimum absolute atomic E-state index is 0.279. The highest BCUT2D eigenvalue weighted by Crippen LogP contribution is 2.38. The Morgan fingerprint density at radius 1 is 0.788 bits per heavy atom. The van der Waals surface area contributed by atoms with Gasteiger partial charge in [0.15, 0.2) is 0 Å². The molecule has 4 aromatic carbocycles. The van der Waals surface area contributed by atoms with Gasteiger partial charge in [0.1, 0.15) is 11.2 Å². The van der Waals surface area contributed by atoms with E-state index >= 15 is 0 Å². The molecule has 0 N–H and O–H groups in total. The molecule has 33 heavy (non-hydrogen) atoms. The van der Waals surface area contributed by atoms with Gasteiger partial charge in [-0.15, -0.1) is 0 Å². The summed E-state index contributed by atoms with van der Waals surface area (Å²) >= 11 is 0. The van der Waals surface area contributed by atoms with Crippen LogP contribution in [0.15, 0.2) is 102 Å². The molecule has 0 radical (unpaired) electrons. The van der Waals surface area contributed by atoms with Crippen LogP contribution in [-0.2, 0) is 5.41 Å². The summed E-state index contributed by atoms with van der Waals surface area (Å²) in [6.45, 7) is 1.86. The molecule has 0 fully saturated rings. The minimum atomic E-state index is -2.27. The average molecular weight is 431 g/mol. The molecule has 0 aliphatic rings. The smallest absolute Gasteiger partial charge is 0.136 e. The van der Waals surface area contributed by atoms with Crippen LogP contribution in [0.1, 0.15) is 34.7 Å².